The largest absolute Gasteiger partial charge is 0.467 e. The summed E-state index contributed by atoms with van der Waals surface area (Å²) in [5.41, 5.74) is 1.18. The Balaban J connectivity index is 1.87. The van der Waals surface area contributed by atoms with Crippen molar-refractivity contribution in [2.45, 2.75) is 37.9 Å². The number of carbonyl (C=O) groups is 2. The van der Waals surface area contributed by atoms with Crippen LogP contribution in [0.25, 0.3) is 0 Å². The second-order valence-corrected chi connectivity index (χ2v) is 8.61. The van der Waals surface area contributed by atoms with Gasteiger partial charge in [-0.25, -0.2) is 14.6 Å². The lowest BCUT2D eigenvalue weighted by Crippen LogP contribution is -2.65. The van der Waals surface area contributed by atoms with Crippen molar-refractivity contribution in [1.29, 1.82) is 0 Å². The van der Waals surface area contributed by atoms with Crippen LogP contribution < -0.4 is 0 Å². The quantitative estimate of drug-likeness (QED) is 0.269. The molecule has 0 radical (unpaired) electrons. The summed E-state index contributed by atoms with van der Waals surface area (Å²) in [5.74, 6) is -1.76. The average molecular weight is 493 g/mol. The van der Waals surface area contributed by atoms with Crippen LogP contribution >= 0.6 is 0 Å². The van der Waals surface area contributed by atoms with E-state index in [0.717, 1.165) is 11.3 Å². The molecular formula is C26H28N4O6. The zero-order valence-electron chi connectivity index (χ0n) is 20.2. The standard InChI is InChI=1S/C26H28N4O6/c1-3-36-25(32)29-17-23-22(27-18-28(23)15-19-10-6-4-7-11-19)14-26(29,24(31)35-2)21(16-30(33)34)20-12-8-5-9-13-20/h4-13,18,21H,3,14-17H2,1-2H3/t21-,26-/m1/s1. The lowest BCUT2D eigenvalue weighted by atomic mass is 9.72. The number of amides is 1. The number of ether oxygens (including phenoxy) is 2. The summed E-state index contributed by atoms with van der Waals surface area (Å²) in [7, 11) is 1.21. The molecule has 0 fully saturated rings. The van der Waals surface area contributed by atoms with E-state index in [1.54, 1.807) is 43.6 Å². The van der Waals surface area contributed by atoms with Gasteiger partial charge in [0.1, 0.15) is 0 Å². The number of nitrogens with zero attached hydrogens (tertiary/aromatic N) is 4. The molecule has 188 valence electrons. The Kier molecular flexibility index (Phi) is 7.33. The van der Waals surface area contributed by atoms with E-state index in [-0.39, 0.29) is 19.6 Å². The van der Waals surface area contributed by atoms with Gasteiger partial charge < -0.3 is 14.0 Å². The number of hydrogen-bond acceptors (Lipinski definition) is 7. The van der Waals surface area contributed by atoms with Gasteiger partial charge in [-0.1, -0.05) is 60.7 Å². The Hall–Kier alpha value is -4.21. The third kappa shape index (κ3) is 4.66. The second-order valence-electron chi connectivity index (χ2n) is 8.61. The minimum atomic E-state index is -1.73. The van der Waals surface area contributed by atoms with Gasteiger partial charge in [0.05, 0.1) is 43.9 Å². The van der Waals surface area contributed by atoms with E-state index < -0.39 is 35.0 Å². The molecule has 0 saturated heterocycles. The number of methoxy groups -OCH3 is 1. The van der Waals surface area contributed by atoms with Crippen LogP contribution in [0.5, 0.6) is 0 Å². The van der Waals surface area contributed by atoms with Crippen LogP contribution in [0.2, 0.25) is 0 Å². The van der Waals surface area contributed by atoms with Crippen LogP contribution in [0.3, 0.4) is 0 Å². The van der Waals surface area contributed by atoms with Crippen molar-refractivity contribution in [3.63, 3.8) is 0 Å². The molecule has 1 aromatic heterocycles. The van der Waals surface area contributed by atoms with Gasteiger partial charge in [-0.15, -0.1) is 0 Å². The summed E-state index contributed by atoms with van der Waals surface area (Å²) in [6.07, 6.45) is 0.868. The molecule has 10 nitrogen and oxygen atoms in total. The van der Waals surface area contributed by atoms with Crippen molar-refractivity contribution in [2.75, 3.05) is 20.3 Å². The number of fused-ring (bicyclic) bond motifs is 1. The zero-order chi connectivity index (χ0) is 25.7. The fraction of sp³-hybridized carbons (Fsp3) is 0.346. The first-order valence-electron chi connectivity index (χ1n) is 11.7. The van der Waals surface area contributed by atoms with E-state index in [9.17, 15) is 19.7 Å². The van der Waals surface area contributed by atoms with E-state index in [2.05, 4.69) is 4.98 Å². The normalized spacial score (nSPS) is 17.7. The monoisotopic (exact) mass is 492 g/mol. The SMILES string of the molecule is CCOC(=O)N1Cc2c(ncn2Cc2ccccc2)C[C@]1(C(=O)OC)[C@H](C[N+](=O)[O-])c1ccccc1. The minimum absolute atomic E-state index is 0.0167. The van der Waals surface area contributed by atoms with Gasteiger partial charge in [0.25, 0.3) is 0 Å². The van der Waals surface area contributed by atoms with Crippen LogP contribution in [0.1, 0.15) is 35.4 Å². The first-order chi connectivity index (χ1) is 17.4. The van der Waals surface area contributed by atoms with Crippen LogP contribution in [-0.2, 0) is 33.8 Å². The number of nitro groups is 1. The summed E-state index contributed by atoms with van der Waals surface area (Å²) in [4.78, 5) is 44.1. The summed E-state index contributed by atoms with van der Waals surface area (Å²) in [6, 6.07) is 18.5. The smallest absolute Gasteiger partial charge is 0.411 e. The Morgan fingerprint density at radius 1 is 1.14 bits per heavy atom. The molecule has 2 atom stereocenters. The maximum Gasteiger partial charge on any atom is 0.411 e. The van der Waals surface area contributed by atoms with E-state index in [0.29, 0.717) is 17.8 Å². The van der Waals surface area contributed by atoms with E-state index in [4.69, 9.17) is 9.47 Å². The fourth-order valence-corrected chi connectivity index (χ4v) is 4.95. The summed E-state index contributed by atoms with van der Waals surface area (Å²) in [5, 5.41) is 11.8. The topological polar surface area (TPSA) is 117 Å². The van der Waals surface area contributed by atoms with Crippen molar-refractivity contribution in [3.8, 4) is 0 Å². The van der Waals surface area contributed by atoms with Gasteiger partial charge in [0, 0.05) is 17.9 Å². The molecular weight excluding hydrogens is 464 g/mol. The van der Waals surface area contributed by atoms with Crippen molar-refractivity contribution in [2.24, 2.45) is 0 Å². The zero-order valence-corrected chi connectivity index (χ0v) is 20.2. The molecule has 4 rings (SSSR count). The van der Waals surface area contributed by atoms with Crippen LogP contribution in [0.4, 0.5) is 4.79 Å². The van der Waals surface area contributed by atoms with Crippen molar-refractivity contribution in [3.05, 3.63) is 99.6 Å². The number of aromatic nitrogens is 2. The van der Waals surface area contributed by atoms with Crippen molar-refractivity contribution in [1.82, 2.24) is 14.5 Å². The fourth-order valence-electron chi connectivity index (χ4n) is 4.95. The van der Waals surface area contributed by atoms with Gasteiger partial charge in [-0.3, -0.25) is 15.0 Å². The van der Waals surface area contributed by atoms with Crippen molar-refractivity contribution < 1.29 is 24.0 Å². The molecule has 0 bridgehead atoms. The average Bonchev–Trinajstić information content (AvgIpc) is 3.28. The maximum atomic E-state index is 13.6. The predicted octanol–water partition coefficient (Wildman–Crippen LogP) is 3.42. The summed E-state index contributed by atoms with van der Waals surface area (Å²) in [6.45, 7) is 1.65. The molecule has 1 aliphatic rings. The summed E-state index contributed by atoms with van der Waals surface area (Å²) < 4.78 is 12.5. The molecule has 0 spiro atoms. The third-order valence-corrected chi connectivity index (χ3v) is 6.59. The van der Waals surface area contributed by atoms with E-state index in [1.807, 2.05) is 34.9 Å². The summed E-state index contributed by atoms with van der Waals surface area (Å²) >= 11 is 0. The van der Waals surface area contributed by atoms with E-state index >= 15 is 0 Å². The first kappa shape index (κ1) is 24.9. The van der Waals surface area contributed by atoms with Crippen LogP contribution in [-0.4, -0.2) is 57.2 Å². The Labute approximate surface area is 208 Å². The third-order valence-electron chi connectivity index (χ3n) is 6.59. The van der Waals surface area contributed by atoms with Crippen LogP contribution in [0.15, 0.2) is 67.0 Å². The number of rotatable bonds is 8. The molecule has 0 aliphatic carbocycles. The maximum absolute atomic E-state index is 13.6. The van der Waals surface area contributed by atoms with Gasteiger partial charge in [-0.2, -0.15) is 0 Å². The minimum Gasteiger partial charge on any atom is -0.467 e. The number of hydrogen-bond donors (Lipinski definition) is 0. The van der Waals surface area contributed by atoms with Gasteiger partial charge in [-0.05, 0) is 18.1 Å². The number of benzene rings is 2. The molecule has 0 N–H and O–H groups in total. The molecule has 36 heavy (non-hydrogen) atoms. The molecule has 10 heteroatoms. The molecule has 0 saturated carbocycles. The lowest BCUT2D eigenvalue weighted by Gasteiger charge is -2.46. The highest BCUT2D eigenvalue weighted by Gasteiger charge is 2.59. The molecule has 3 aromatic rings. The van der Waals surface area contributed by atoms with Gasteiger partial charge in [0.15, 0.2) is 5.54 Å². The highest BCUT2D eigenvalue weighted by atomic mass is 16.6. The van der Waals surface area contributed by atoms with Gasteiger partial charge >= 0.3 is 12.1 Å². The molecule has 0 unspecified atom stereocenters. The number of esters is 1. The Morgan fingerprint density at radius 3 is 2.42 bits per heavy atom. The number of imidazole rings is 1. The first-order valence-corrected chi connectivity index (χ1v) is 11.7. The van der Waals surface area contributed by atoms with Crippen molar-refractivity contribution >= 4 is 12.1 Å². The molecule has 1 aliphatic heterocycles. The molecule has 2 heterocycles. The second kappa shape index (κ2) is 10.6. The Morgan fingerprint density at radius 2 is 1.81 bits per heavy atom. The Bertz CT molecular complexity index is 1230. The number of carbonyl (C=O) groups excluding carboxylic acids is 2. The highest BCUT2D eigenvalue weighted by Crippen LogP contribution is 2.43. The van der Waals surface area contributed by atoms with E-state index in [1.165, 1.54) is 12.0 Å². The predicted molar refractivity (Wildman–Crippen MR) is 130 cm³/mol. The van der Waals surface area contributed by atoms with Crippen LogP contribution in [0, 0.1) is 10.1 Å². The molecule has 2 aromatic carbocycles. The highest BCUT2D eigenvalue weighted by molar-refractivity contribution is 5.88. The van der Waals surface area contributed by atoms with Gasteiger partial charge in [0.2, 0.25) is 6.54 Å². The molecule has 1 amide bonds. The lowest BCUT2D eigenvalue weighted by molar-refractivity contribution is -0.485.